The van der Waals surface area contributed by atoms with E-state index < -0.39 is 49.3 Å². The molecule has 3 atom stereocenters. The molecule has 0 aliphatic heterocycles. The van der Waals surface area contributed by atoms with Crippen LogP contribution in [0.1, 0.15) is 79.5 Å². The molecule has 4 rings (SSSR count). The molecule has 0 aromatic carbocycles. The maximum Gasteiger partial charge on any atom is 0.389 e. The third-order valence-corrected chi connectivity index (χ3v) is 6.72. The van der Waals surface area contributed by atoms with E-state index in [9.17, 15) is 37.0 Å². The molecule has 16 heteroatoms. The summed E-state index contributed by atoms with van der Waals surface area (Å²) in [6.45, 7) is 2.18. The maximum absolute atomic E-state index is 13.9. The van der Waals surface area contributed by atoms with Crippen LogP contribution in [0.25, 0.3) is 5.65 Å². The summed E-state index contributed by atoms with van der Waals surface area (Å²) in [6.07, 6.45) is -5.78. The number of halogens is 5. The van der Waals surface area contributed by atoms with Gasteiger partial charge in [0.25, 0.3) is 5.91 Å². The maximum atomic E-state index is 13.9. The number of aryl methyl sites for hydroxylation is 1. The Kier molecular flexibility index (Phi) is 8.46. The van der Waals surface area contributed by atoms with Crippen molar-refractivity contribution in [2.24, 2.45) is 5.92 Å². The monoisotopic (exact) mass is 560 g/mol. The Balaban J connectivity index is 1.55. The van der Waals surface area contributed by atoms with Crippen molar-refractivity contribution < 1.29 is 37.0 Å². The van der Waals surface area contributed by atoms with Crippen LogP contribution in [0.2, 0.25) is 0 Å². The lowest BCUT2D eigenvalue weighted by molar-refractivity contribution is -0.142. The van der Waals surface area contributed by atoms with Crippen molar-refractivity contribution in [3.8, 4) is 0 Å². The number of nitrogens with one attached hydrogen (secondary N) is 2. The second-order valence-corrected chi connectivity index (χ2v) is 9.58. The largest absolute Gasteiger partial charge is 0.389 e. The molecule has 0 radical (unpaired) electrons. The fourth-order valence-corrected chi connectivity index (χ4v) is 4.58. The average Bonchev–Trinajstić information content (AvgIpc) is 3.52. The van der Waals surface area contributed by atoms with Gasteiger partial charge in [-0.25, -0.2) is 23.0 Å². The summed E-state index contributed by atoms with van der Waals surface area (Å²) in [5.41, 5.74) is 0.910. The van der Waals surface area contributed by atoms with Crippen molar-refractivity contribution >= 4 is 11.6 Å². The van der Waals surface area contributed by atoms with Gasteiger partial charge in [-0.3, -0.25) is 10.1 Å². The van der Waals surface area contributed by atoms with Crippen LogP contribution in [-0.2, 0) is 6.54 Å². The zero-order valence-corrected chi connectivity index (χ0v) is 20.9. The van der Waals surface area contributed by atoms with Gasteiger partial charge < -0.3 is 15.5 Å². The molecule has 1 fully saturated rings. The molecule has 1 aliphatic carbocycles. The normalized spacial score (nSPS) is 18.7. The highest BCUT2D eigenvalue weighted by Crippen LogP contribution is 2.41. The number of alkyl halides is 5. The number of carbonyl (C=O) groups excluding carboxylic acids is 1. The van der Waals surface area contributed by atoms with E-state index in [1.54, 1.807) is 6.92 Å². The summed E-state index contributed by atoms with van der Waals surface area (Å²) >= 11 is 0. The van der Waals surface area contributed by atoms with Gasteiger partial charge in [0.15, 0.2) is 5.65 Å². The summed E-state index contributed by atoms with van der Waals surface area (Å²) in [7, 11) is 0. The Morgan fingerprint density at radius 2 is 1.95 bits per heavy atom. The van der Waals surface area contributed by atoms with Crippen molar-refractivity contribution in [1.29, 1.82) is 0 Å². The summed E-state index contributed by atoms with van der Waals surface area (Å²) in [5, 5.41) is 37.1. The Morgan fingerprint density at radius 1 is 1.23 bits per heavy atom. The Morgan fingerprint density at radius 3 is 2.62 bits per heavy atom. The van der Waals surface area contributed by atoms with Gasteiger partial charge in [0, 0.05) is 31.4 Å². The number of hydrogen-bond acceptors (Lipinski definition) is 8. The molecule has 4 N–H and O–H groups in total. The van der Waals surface area contributed by atoms with E-state index in [0.29, 0.717) is 12.2 Å². The molecule has 214 valence electrons. The molecule has 1 aliphatic rings. The van der Waals surface area contributed by atoms with Gasteiger partial charge in [0.1, 0.15) is 18.1 Å². The predicted molar refractivity (Wildman–Crippen MR) is 125 cm³/mol. The minimum Gasteiger partial charge on any atom is -0.379 e. The Hall–Kier alpha value is -3.24. The third-order valence-electron chi connectivity index (χ3n) is 6.72. The van der Waals surface area contributed by atoms with Crippen LogP contribution >= 0.6 is 0 Å². The first-order valence-electron chi connectivity index (χ1n) is 12.5. The van der Waals surface area contributed by atoms with Crippen molar-refractivity contribution in [3.63, 3.8) is 0 Å². The first kappa shape index (κ1) is 28.8. The topological polar surface area (TPSA) is 142 Å². The van der Waals surface area contributed by atoms with Gasteiger partial charge in [-0.2, -0.15) is 18.3 Å². The number of aliphatic hydroxyl groups excluding tert-OH is 2. The Labute approximate surface area is 219 Å². The van der Waals surface area contributed by atoms with Crippen LogP contribution < -0.4 is 10.6 Å². The molecule has 3 aromatic heterocycles. The fraction of sp³-hybridized carbons (Fsp3) is 0.609. The first-order chi connectivity index (χ1) is 18.3. The molecular formula is C23H29F5N8O3. The highest BCUT2D eigenvalue weighted by atomic mass is 19.4. The van der Waals surface area contributed by atoms with Gasteiger partial charge in [0.05, 0.1) is 30.3 Å². The highest BCUT2D eigenvalue weighted by molar-refractivity contribution is 5.92. The van der Waals surface area contributed by atoms with Crippen molar-refractivity contribution in [2.45, 2.75) is 82.6 Å². The molecule has 1 amide bonds. The lowest BCUT2D eigenvalue weighted by Gasteiger charge is -2.33. The molecule has 11 nitrogen and oxygen atoms in total. The summed E-state index contributed by atoms with van der Waals surface area (Å²) in [5.74, 6) is -3.62. The highest BCUT2D eigenvalue weighted by Gasteiger charge is 2.39. The van der Waals surface area contributed by atoms with E-state index in [1.165, 1.54) is 33.9 Å². The van der Waals surface area contributed by atoms with Crippen molar-refractivity contribution in [3.05, 3.63) is 41.6 Å². The van der Waals surface area contributed by atoms with Crippen LogP contribution in [0.4, 0.5) is 22.0 Å². The minimum atomic E-state index is -4.45. The number of fused-ring (bicyclic) bond motifs is 1. The number of carbonyl (C=O) groups is 1. The zero-order chi connectivity index (χ0) is 28.4. The molecule has 0 saturated heterocycles. The number of imidazole rings is 1. The number of aromatic nitrogens is 6. The van der Waals surface area contributed by atoms with Crippen LogP contribution in [-0.4, -0.2) is 64.0 Å². The average molecular weight is 561 g/mol. The predicted octanol–water partition coefficient (Wildman–Crippen LogP) is 2.88. The summed E-state index contributed by atoms with van der Waals surface area (Å²) in [4.78, 5) is 17.6. The van der Waals surface area contributed by atoms with Gasteiger partial charge in [-0.15, -0.1) is 5.10 Å². The molecule has 0 bridgehead atoms. The molecule has 1 unspecified atom stereocenters. The van der Waals surface area contributed by atoms with Gasteiger partial charge in [-0.1, -0.05) is 5.21 Å². The van der Waals surface area contributed by atoms with E-state index in [1.807, 2.05) is 0 Å². The lowest BCUT2D eigenvalue weighted by Crippen LogP contribution is -2.38. The van der Waals surface area contributed by atoms with E-state index in [0.717, 1.165) is 0 Å². The van der Waals surface area contributed by atoms with Crippen LogP contribution in [0.5, 0.6) is 0 Å². The summed E-state index contributed by atoms with van der Waals surface area (Å²) in [6, 6.07) is 0.667. The minimum absolute atomic E-state index is 0.126. The number of hydrogen-bond donors (Lipinski definition) is 4. The van der Waals surface area contributed by atoms with Crippen molar-refractivity contribution in [1.82, 2.24) is 40.2 Å². The van der Waals surface area contributed by atoms with Gasteiger partial charge >= 0.3 is 6.18 Å². The molecule has 3 aromatic rings. The fourth-order valence-electron chi connectivity index (χ4n) is 4.58. The van der Waals surface area contributed by atoms with E-state index in [2.05, 4.69) is 31.0 Å². The SMILES string of the molecule is CCn1nncc1C(=O)N[C@H](c1cn2ncc([C@@H](O)NC(O)CCC(F)(F)F)cc2n1)C1CCC(F)(F)CC1. The second-order valence-electron chi connectivity index (χ2n) is 9.58. The third kappa shape index (κ3) is 7.24. The standard InChI is InChI=1S/C23H29F5N8O3/c1-2-35-16(11-29-34-35)21(39)33-19(13-3-6-22(24,25)7-4-13)15-12-36-17(31-15)9-14(10-30-36)20(38)32-18(37)5-8-23(26,27)28/h9-13,18-20,32,37-38H,2-8H2,1H3,(H,33,39)/t18?,19-,20+/m0/s1. The van der Waals surface area contributed by atoms with Crippen LogP contribution in [0.3, 0.4) is 0 Å². The van der Waals surface area contributed by atoms with Crippen LogP contribution in [0.15, 0.2) is 24.7 Å². The molecule has 1 saturated carbocycles. The van der Waals surface area contributed by atoms with E-state index in [-0.39, 0.29) is 48.5 Å². The zero-order valence-electron chi connectivity index (χ0n) is 20.9. The number of aliphatic hydroxyl groups is 2. The number of nitrogens with zero attached hydrogens (tertiary/aromatic N) is 6. The van der Waals surface area contributed by atoms with E-state index in [4.69, 9.17) is 0 Å². The molecule has 3 heterocycles. The van der Waals surface area contributed by atoms with Crippen LogP contribution in [0, 0.1) is 5.92 Å². The number of rotatable bonds is 10. The number of amides is 1. The second kappa shape index (κ2) is 11.5. The molecule has 39 heavy (non-hydrogen) atoms. The smallest absolute Gasteiger partial charge is 0.379 e. The molecule has 0 spiro atoms. The lowest BCUT2D eigenvalue weighted by atomic mass is 9.81. The van der Waals surface area contributed by atoms with Gasteiger partial charge in [0.2, 0.25) is 5.92 Å². The van der Waals surface area contributed by atoms with E-state index >= 15 is 0 Å². The quantitative estimate of drug-likeness (QED) is 0.219. The molecular weight excluding hydrogens is 531 g/mol. The first-order valence-corrected chi connectivity index (χ1v) is 12.5. The Bertz CT molecular complexity index is 1270. The van der Waals surface area contributed by atoms with Gasteiger partial charge in [-0.05, 0) is 38.2 Å². The van der Waals surface area contributed by atoms with Crippen molar-refractivity contribution in [2.75, 3.05) is 0 Å². The summed E-state index contributed by atoms with van der Waals surface area (Å²) < 4.78 is 67.7.